The van der Waals surface area contributed by atoms with Crippen LogP contribution in [0.15, 0.2) is 47.0 Å². The Bertz CT molecular complexity index is 1350. The number of amides is 2. The van der Waals surface area contributed by atoms with Crippen LogP contribution in [0.5, 0.6) is 0 Å². The second-order valence-electron chi connectivity index (χ2n) is 9.79. The van der Waals surface area contributed by atoms with Gasteiger partial charge in [-0.25, -0.2) is 4.98 Å². The van der Waals surface area contributed by atoms with E-state index in [1.165, 1.54) is 6.20 Å². The molecule has 0 unspecified atom stereocenters. The number of pyridine rings is 1. The van der Waals surface area contributed by atoms with Crippen molar-refractivity contribution in [2.45, 2.75) is 44.3 Å². The molecule has 40 heavy (non-hydrogen) atoms. The smallest absolute Gasteiger partial charge is 0.417 e. The van der Waals surface area contributed by atoms with Gasteiger partial charge in [-0.2, -0.15) is 18.2 Å². The molecule has 0 bridgehead atoms. The fourth-order valence-electron chi connectivity index (χ4n) is 4.87. The topological polar surface area (TPSA) is 104 Å². The third kappa shape index (κ3) is 6.33. The Morgan fingerprint density at radius 3 is 2.33 bits per heavy atom. The van der Waals surface area contributed by atoms with Gasteiger partial charge >= 0.3 is 6.18 Å². The normalized spacial score (nSPS) is 16.6. The predicted octanol–water partition coefficient (Wildman–Crippen LogP) is 5.38. The molecule has 5 rings (SSSR count). The summed E-state index contributed by atoms with van der Waals surface area (Å²) < 4.78 is 46.2. The van der Waals surface area contributed by atoms with Crippen molar-refractivity contribution in [1.82, 2.24) is 15.3 Å². The van der Waals surface area contributed by atoms with E-state index in [-0.39, 0.29) is 23.7 Å². The molecule has 4 heterocycles. The number of alkyl halides is 3. The zero-order valence-electron chi connectivity index (χ0n) is 21.5. The van der Waals surface area contributed by atoms with Gasteiger partial charge in [-0.05, 0) is 56.4 Å². The molecular weight excluding hydrogens is 549 g/mol. The average molecular weight is 577 g/mol. The van der Waals surface area contributed by atoms with Crippen molar-refractivity contribution >= 4 is 40.9 Å². The summed E-state index contributed by atoms with van der Waals surface area (Å²) >= 11 is 6.12. The first-order chi connectivity index (χ1) is 19.2. The lowest BCUT2D eigenvalue weighted by atomic mass is 10.0. The molecule has 2 aromatic heterocycles. The van der Waals surface area contributed by atoms with Crippen LogP contribution in [-0.2, 0) is 6.18 Å². The first-order valence-electron chi connectivity index (χ1n) is 13.1. The van der Waals surface area contributed by atoms with Crippen LogP contribution < -0.4 is 20.4 Å². The quantitative estimate of drug-likeness (QED) is 0.406. The summed E-state index contributed by atoms with van der Waals surface area (Å²) in [6, 6.07) is 9.91. The number of anilines is 3. The Morgan fingerprint density at radius 2 is 1.68 bits per heavy atom. The van der Waals surface area contributed by atoms with Gasteiger partial charge in [0.25, 0.3) is 17.8 Å². The molecule has 1 aromatic carbocycles. The Morgan fingerprint density at radius 1 is 0.950 bits per heavy atom. The van der Waals surface area contributed by atoms with Gasteiger partial charge in [0.1, 0.15) is 5.82 Å². The summed E-state index contributed by atoms with van der Waals surface area (Å²) in [5.74, 6) is -1.49. The maximum Gasteiger partial charge on any atom is 0.437 e. The highest BCUT2D eigenvalue weighted by molar-refractivity contribution is 6.33. The van der Waals surface area contributed by atoms with Gasteiger partial charge in [0.05, 0.1) is 22.5 Å². The molecule has 0 saturated carbocycles. The number of halogens is 4. The summed E-state index contributed by atoms with van der Waals surface area (Å²) in [5.41, 5.74) is -0.694. The largest absolute Gasteiger partial charge is 0.437 e. The van der Waals surface area contributed by atoms with E-state index in [0.717, 1.165) is 19.3 Å². The summed E-state index contributed by atoms with van der Waals surface area (Å²) in [7, 11) is 0. The highest BCUT2D eigenvalue weighted by Gasteiger charge is 2.42. The molecule has 2 amide bonds. The fraction of sp³-hybridized carbons (Fsp3) is 0.407. The maximum atomic E-state index is 13.6. The molecule has 0 atom stereocenters. The number of hydrogen-bond donors (Lipinski definition) is 2. The molecule has 3 aromatic rings. The van der Waals surface area contributed by atoms with Crippen molar-refractivity contribution in [2.75, 3.05) is 41.3 Å². The highest BCUT2D eigenvalue weighted by atomic mass is 35.5. The molecule has 2 saturated heterocycles. The van der Waals surface area contributed by atoms with E-state index < -0.39 is 23.5 Å². The number of piperidine rings is 2. The van der Waals surface area contributed by atoms with Crippen molar-refractivity contribution in [3.8, 4) is 0 Å². The Kier molecular flexibility index (Phi) is 8.15. The molecule has 0 aliphatic carbocycles. The van der Waals surface area contributed by atoms with Gasteiger partial charge < -0.3 is 24.9 Å². The van der Waals surface area contributed by atoms with Crippen LogP contribution in [0, 0.1) is 0 Å². The van der Waals surface area contributed by atoms with Crippen molar-refractivity contribution in [3.63, 3.8) is 0 Å². The third-order valence-electron chi connectivity index (χ3n) is 7.00. The molecule has 0 spiro atoms. The molecule has 9 nitrogen and oxygen atoms in total. The SMILES string of the molecule is O=C(NC1CCN(c2ccc(NC(=O)c3oc(N4CCCCC4)nc3C(F)(F)F)cn2)CC1)c1ccccc1Cl. The molecule has 0 radical (unpaired) electrons. The number of rotatable bonds is 6. The minimum Gasteiger partial charge on any atom is -0.417 e. The highest BCUT2D eigenvalue weighted by Crippen LogP contribution is 2.35. The van der Waals surface area contributed by atoms with Gasteiger partial charge in [0, 0.05) is 32.2 Å². The van der Waals surface area contributed by atoms with Gasteiger partial charge in [-0.15, -0.1) is 0 Å². The van der Waals surface area contributed by atoms with Crippen LogP contribution in [0.25, 0.3) is 0 Å². The molecule has 2 fully saturated rings. The summed E-state index contributed by atoms with van der Waals surface area (Å²) in [4.78, 5) is 36.9. The summed E-state index contributed by atoms with van der Waals surface area (Å²) in [6.07, 6.45) is 0.552. The zero-order valence-corrected chi connectivity index (χ0v) is 22.3. The van der Waals surface area contributed by atoms with Crippen LogP contribution >= 0.6 is 11.6 Å². The van der Waals surface area contributed by atoms with Crippen molar-refractivity contribution < 1.29 is 27.2 Å². The maximum absolute atomic E-state index is 13.6. The number of nitrogens with one attached hydrogen (secondary N) is 2. The monoisotopic (exact) mass is 576 g/mol. The summed E-state index contributed by atoms with van der Waals surface area (Å²) in [6.45, 7) is 2.32. The average Bonchev–Trinajstić information content (AvgIpc) is 3.42. The number of oxazole rings is 1. The van der Waals surface area contributed by atoms with E-state index in [1.54, 1.807) is 41.3 Å². The second-order valence-corrected chi connectivity index (χ2v) is 10.2. The number of carbonyl (C=O) groups excluding carboxylic acids is 2. The van der Waals surface area contributed by atoms with Gasteiger partial charge in [-0.3, -0.25) is 9.59 Å². The van der Waals surface area contributed by atoms with Crippen LogP contribution in [0.3, 0.4) is 0 Å². The minimum atomic E-state index is -4.84. The molecule has 13 heteroatoms. The second kappa shape index (κ2) is 11.7. The van der Waals surface area contributed by atoms with E-state index in [0.29, 0.717) is 55.4 Å². The third-order valence-corrected chi connectivity index (χ3v) is 7.33. The molecule has 2 N–H and O–H groups in total. The van der Waals surface area contributed by atoms with E-state index in [2.05, 4.69) is 20.6 Å². The minimum absolute atomic E-state index is 0.0156. The number of carbonyl (C=O) groups is 2. The standard InChI is InChI=1S/C27H28ClF3N6O3/c28-20-7-3-2-6-19(20)24(38)33-17-10-14-36(15-11-17)21-9-8-18(16-32-21)34-25(39)22-23(27(29,30)31)35-26(40-22)37-12-4-1-5-13-37/h2-3,6-9,16-17H,1,4-5,10-15H2,(H,33,38)(H,34,39). The van der Waals surface area contributed by atoms with Crippen LogP contribution in [0.1, 0.15) is 58.7 Å². The lowest BCUT2D eigenvalue weighted by Gasteiger charge is -2.33. The van der Waals surface area contributed by atoms with Crippen molar-refractivity contribution in [3.05, 3.63) is 64.6 Å². The molecule has 2 aliphatic rings. The number of aromatic nitrogens is 2. The van der Waals surface area contributed by atoms with Gasteiger partial charge in [0.15, 0.2) is 5.69 Å². The first kappa shape index (κ1) is 27.8. The lowest BCUT2D eigenvalue weighted by Crippen LogP contribution is -2.45. The van der Waals surface area contributed by atoms with E-state index in [1.807, 2.05) is 4.90 Å². The Hall–Kier alpha value is -3.80. The number of nitrogens with zero attached hydrogens (tertiary/aromatic N) is 4. The predicted molar refractivity (Wildman–Crippen MR) is 144 cm³/mol. The Labute approximate surface area is 233 Å². The van der Waals surface area contributed by atoms with Crippen LogP contribution in [0.4, 0.5) is 30.7 Å². The summed E-state index contributed by atoms with van der Waals surface area (Å²) in [5, 5.41) is 5.85. The van der Waals surface area contributed by atoms with Crippen molar-refractivity contribution in [2.24, 2.45) is 0 Å². The van der Waals surface area contributed by atoms with Gasteiger partial charge in [-0.1, -0.05) is 23.7 Å². The van der Waals surface area contributed by atoms with Crippen molar-refractivity contribution in [1.29, 1.82) is 0 Å². The lowest BCUT2D eigenvalue weighted by molar-refractivity contribution is -0.141. The molecule has 2 aliphatic heterocycles. The number of benzene rings is 1. The van der Waals surface area contributed by atoms with Crippen LogP contribution in [0.2, 0.25) is 5.02 Å². The van der Waals surface area contributed by atoms with E-state index >= 15 is 0 Å². The zero-order chi connectivity index (χ0) is 28.3. The number of hydrogen-bond acceptors (Lipinski definition) is 7. The molecular formula is C27H28ClF3N6O3. The van der Waals surface area contributed by atoms with E-state index in [4.69, 9.17) is 16.0 Å². The first-order valence-corrected chi connectivity index (χ1v) is 13.5. The molecule has 212 valence electrons. The van der Waals surface area contributed by atoms with E-state index in [9.17, 15) is 22.8 Å². The van der Waals surface area contributed by atoms with Gasteiger partial charge in [0.2, 0.25) is 5.76 Å². The van der Waals surface area contributed by atoms with Crippen LogP contribution in [-0.4, -0.2) is 54.0 Å². The fourth-order valence-corrected chi connectivity index (χ4v) is 5.09. The Balaban J connectivity index is 1.18.